The molecular weight excluding hydrogens is 194 g/mol. The van der Waals surface area contributed by atoms with Crippen LogP contribution in [0.25, 0.3) is 0 Å². The van der Waals surface area contributed by atoms with Crippen LogP contribution in [0.3, 0.4) is 0 Å². The normalized spacial score (nSPS) is 9.62. The smallest absolute Gasteiger partial charge is 0.324 e. The number of phenolic OH excluding ortho intramolecular Hbond substituents is 1. The quantitative estimate of drug-likeness (QED) is 0.727. The summed E-state index contributed by atoms with van der Waals surface area (Å²) < 4.78 is 1.02. The highest BCUT2D eigenvalue weighted by Gasteiger charge is 2.07. The Hall–Kier alpha value is -1.42. The van der Waals surface area contributed by atoms with Crippen LogP contribution in [-0.4, -0.2) is 22.7 Å². The molecule has 0 aliphatic heterocycles. The Labute approximate surface area is 80.1 Å². The van der Waals surface area contributed by atoms with Crippen LogP contribution in [0, 0.1) is 0 Å². The number of carboxylic acid groups (broad SMARTS) is 1. The van der Waals surface area contributed by atoms with Crippen LogP contribution in [0.5, 0.6) is 5.75 Å². The van der Waals surface area contributed by atoms with E-state index in [9.17, 15) is 4.79 Å². The molecule has 0 spiro atoms. The van der Waals surface area contributed by atoms with Gasteiger partial charge in [0.25, 0.3) is 0 Å². The maximum absolute atomic E-state index is 10.3. The number of halogens is 1. The zero-order valence-electron chi connectivity index (χ0n) is 6.64. The highest BCUT2D eigenvalue weighted by molar-refractivity contribution is 6.26. The molecule has 0 amide bonds. The zero-order valence-corrected chi connectivity index (χ0v) is 7.40. The lowest BCUT2D eigenvalue weighted by molar-refractivity contribution is -0.135. The minimum absolute atomic E-state index is 0.0496. The van der Waals surface area contributed by atoms with E-state index in [0.717, 1.165) is 4.42 Å². The fourth-order valence-corrected chi connectivity index (χ4v) is 1.06. The third kappa shape index (κ3) is 2.83. The van der Waals surface area contributed by atoms with E-state index in [1.54, 1.807) is 12.1 Å². The Morgan fingerprint density at radius 3 is 2.77 bits per heavy atom. The number of carboxylic acids is 1. The van der Waals surface area contributed by atoms with E-state index < -0.39 is 5.97 Å². The minimum atomic E-state index is -1.03. The van der Waals surface area contributed by atoms with Crippen molar-refractivity contribution in [3.05, 3.63) is 24.3 Å². The molecule has 0 aromatic heterocycles. The molecular formula is C8H8ClNO3. The molecule has 5 heteroatoms. The largest absolute Gasteiger partial charge is 0.508 e. The Bertz CT molecular complexity index is 316. The summed E-state index contributed by atoms with van der Waals surface area (Å²) in [5, 5.41) is 17.5. The van der Waals surface area contributed by atoms with Crippen LogP contribution < -0.4 is 4.42 Å². The number of carbonyl (C=O) groups is 1. The fourth-order valence-electron chi connectivity index (χ4n) is 0.854. The van der Waals surface area contributed by atoms with E-state index >= 15 is 0 Å². The Morgan fingerprint density at radius 2 is 2.23 bits per heavy atom. The lowest BCUT2D eigenvalue weighted by Crippen LogP contribution is -2.19. The molecule has 0 saturated heterocycles. The van der Waals surface area contributed by atoms with Gasteiger partial charge < -0.3 is 10.2 Å². The maximum atomic E-state index is 10.3. The summed E-state index contributed by atoms with van der Waals surface area (Å²) in [4.78, 5) is 10.3. The van der Waals surface area contributed by atoms with E-state index in [1.165, 1.54) is 12.1 Å². The van der Waals surface area contributed by atoms with Gasteiger partial charge in [-0.05, 0) is 12.1 Å². The summed E-state index contributed by atoms with van der Waals surface area (Å²) in [6, 6.07) is 6.06. The molecule has 0 aliphatic rings. The third-order valence-electron chi connectivity index (χ3n) is 1.38. The standard InChI is InChI=1S/C8H8ClNO3/c9-10(5-8(12)13)6-2-1-3-7(11)4-6/h1-4,11H,5H2,(H,12,13). The molecule has 1 aromatic carbocycles. The van der Waals surface area contributed by atoms with Crippen molar-refractivity contribution in [2.24, 2.45) is 0 Å². The number of hydrogen-bond acceptors (Lipinski definition) is 3. The summed E-state index contributed by atoms with van der Waals surface area (Å²) in [6.45, 7) is -0.314. The van der Waals surface area contributed by atoms with Crippen molar-refractivity contribution in [1.82, 2.24) is 0 Å². The second-order valence-corrected chi connectivity index (χ2v) is 2.84. The average Bonchev–Trinajstić information content (AvgIpc) is 2.03. The highest BCUT2D eigenvalue weighted by atomic mass is 35.5. The first-order valence-corrected chi connectivity index (χ1v) is 3.87. The first-order chi connectivity index (χ1) is 6.09. The summed E-state index contributed by atoms with van der Waals surface area (Å²) in [5.74, 6) is -0.980. The van der Waals surface area contributed by atoms with Crippen molar-refractivity contribution in [3.8, 4) is 5.75 Å². The number of anilines is 1. The highest BCUT2D eigenvalue weighted by Crippen LogP contribution is 2.20. The maximum Gasteiger partial charge on any atom is 0.324 e. The van der Waals surface area contributed by atoms with E-state index in [1.807, 2.05) is 0 Å². The summed E-state index contributed by atoms with van der Waals surface area (Å²) in [5.41, 5.74) is 0.448. The number of rotatable bonds is 3. The SMILES string of the molecule is O=C(O)CN(Cl)c1cccc(O)c1. The second kappa shape index (κ2) is 4.00. The molecule has 1 aromatic rings. The number of hydrogen-bond donors (Lipinski definition) is 2. The summed E-state index contributed by atoms with van der Waals surface area (Å²) >= 11 is 5.61. The topological polar surface area (TPSA) is 60.8 Å². The Balaban J connectivity index is 2.76. The van der Waals surface area contributed by atoms with Gasteiger partial charge in [0.1, 0.15) is 12.3 Å². The van der Waals surface area contributed by atoms with Crippen molar-refractivity contribution in [1.29, 1.82) is 0 Å². The molecule has 0 heterocycles. The number of benzene rings is 1. The minimum Gasteiger partial charge on any atom is -0.508 e. The molecule has 13 heavy (non-hydrogen) atoms. The summed E-state index contributed by atoms with van der Waals surface area (Å²) in [7, 11) is 0. The van der Waals surface area contributed by atoms with Gasteiger partial charge >= 0.3 is 5.97 Å². The molecule has 70 valence electrons. The van der Waals surface area contributed by atoms with Crippen molar-refractivity contribution in [2.75, 3.05) is 11.0 Å². The molecule has 2 N–H and O–H groups in total. The molecule has 0 saturated carbocycles. The molecule has 0 unspecified atom stereocenters. The van der Waals surface area contributed by atoms with E-state index in [-0.39, 0.29) is 12.3 Å². The van der Waals surface area contributed by atoms with Crippen LogP contribution in [0.15, 0.2) is 24.3 Å². The first-order valence-electron chi connectivity index (χ1n) is 3.54. The average molecular weight is 202 g/mol. The number of phenols is 1. The van der Waals surface area contributed by atoms with Crippen molar-refractivity contribution in [2.45, 2.75) is 0 Å². The Morgan fingerprint density at radius 1 is 1.54 bits per heavy atom. The van der Waals surface area contributed by atoms with Crippen LogP contribution in [0.1, 0.15) is 0 Å². The molecule has 0 bridgehead atoms. The molecule has 4 nitrogen and oxygen atoms in total. The Kier molecular flexibility index (Phi) is 2.97. The zero-order chi connectivity index (χ0) is 9.84. The van der Waals surface area contributed by atoms with E-state index in [0.29, 0.717) is 5.69 Å². The number of nitrogens with zero attached hydrogens (tertiary/aromatic N) is 1. The van der Waals surface area contributed by atoms with Crippen LogP contribution in [0.2, 0.25) is 0 Å². The van der Waals surface area contributed by atoms with Crippen LogP contribution in [0.4, 0.5) is 5.69 Å². The van der Waals surface area contributed by atoms with Gasteiger partial charge in [-0.1, -0.05) is 6.07 Å². The molecule has 0 fully saturated rings. The van der Waals surface area contributed by atoms with Crippen molar-refractivity contribution >= 4 is 23.4 Å². The second-order valence-electron chi connectivity index (χ2n) is 2.43. The molecule has 1 rings (SSSR count). The van der Waals surface area contributed by atoms with Gasteiger partial charge in [-0.15, -0.1) is 0 Å². The van der Waals surface area contributed by atoms with Gasteiger partial charge in [0.15, 0.2) is 0 Å². The van der Waals surface area contributed by atoms with Crippen molar-refractivity contribution in [3.63, 3.8) is 0 Å². The van der Waals surface area contributed by atoms with Crippen LogP contribution in [-0.2, 0) is 4.79 Å². The van der Waals surface area contributed by atoms with E-state index in [2.05, 4.69) is 0 Å². The van der Waals surface area contributed by atoms with Gasteiger partial charge in [0.2, 0.25) is 0 Å². The van der Waals surface area contributed by atoms with Gasteiger partial charge in [-0.2, -0.15) is 0 Å². The lowest BCUT2D eigenvalue weighted by Gasteiger charge is -2.12. The predicted molar refractivity (Wildman–Crippen MR) is 48.9 cm³/mol. The third-order valence-corrected chi connectivity index (χ3v) is 1.70. The van der Waals surface area contributed by atoms with Crippen LogP contribution >= 0.6 is 11.8 Å². The van der Waals surface area contributed by atoms with Gasteiger partial charge in [0, 0.05) is 17.8 Å². The van der Waals surface area contributed by atoms with E-state index in [4.69, 9.17) is 22.0 Å². The van der Waals surface area contributed by atoms with Gasteiger partial charge in [-0.3, -0.25) is 9.21 Å². The molecule has 0 radical (unpaired) electrons. The lowest BCUT2D eigenvalue weighted by atomic mass is 10.3. The fraction of sp³-hybridized carbons (Fsp3) is 0.125. The van der Waals surface area contributed by atoms with Gasteiger partial charge in [0.05, 0.1) is 5.69 Å². The number of aromatic hydroxyl groups is 1. The van der Waals surface area contributed by atoms with Crippen molar-refractivity contribution < 1.29 is 15.0 Å². The number of aliphatic carboxylic acids is 1. The molecule has 0 aliphatic carbocycles. The summed E-state index contributed by atoms with van der Waals surface area (Å²) in [6.07, 6.45) is 0. The first kappa shape index (κ1) is 9.67. The monoisotopic (exact) mass is 201 g/mol. The predicted octanol–water partition coefficient (Wildman–Crippen LogP) is 1.44. The molecule has 0 atom stereocenters. The van der Waals surface area contributed by atoms with Gasteiger partial charge in [-0.25, -0.2) is 0 Å².